The van der Waals surface area contributed by atoms with Crippen molar-refractivity contribution < 1.29 is 18.8 Å². The van der Waals surface area contributed by atoms with E-state index in [1.807, 2.05) is 0 Å². The van der Waals surface area contributed by atoms with Crippen LogP contribution in [0.3, 0.4) is 0 Å². The summed E-state index contributed by atoms with van der Waals surface area (Å²) in [6.45, 7) is 2.91. The van der Waals surface area contributed by atoms with Crippen molar-refractivity contribution in [3.63, 3.8) is 0 Å². The summed E-state index contributed by atoms with van der Waals surface area (Å²) in [5.74, 6) is -0.169. The Morgan fingerprint density at radius 1 is 1.12 bits per heavy atom. The smallest absolute Gasteiger partial charge is 0.240 e. The van der Waals surface area contributed by atoms with Gasteiger partial charge in [0.05, 0.1) is 12.8 Å². The Hall–Kier alpha value is -3.09. The van der Waals surface area contributed by atoms with Gasteiger partial charge >= 0.3 is 0 Å². The first-order valence-corrected chi connectivity index (χ1v) is 7.40. The van der Waals surface area contributed by atoms with Crippen LogP contribution in [0.25, 0.3) is 0 Å². The first-order chi connectivity index (χ1) is 11.5. The zero-order valence-electron chi connectivity index (χ0n) is 13.5. The highest BCUT2D eigenvalue weighted by Crippen LogP contribution is 2.19. The molecule has 0 aliphatic rings. The van der Waals surface area contributed by atoms with Crippen molar-refractivity contribution in [3.8, 4) is 0 Å². The number of hydrogen-bond acceptors (Lipinski definition) is 4. The highest BCUT2D eigenvalue weighted by Gasteiger charge is 2.16. The highest BCUT2D eigenvalue weighted by molar-refractivity contribution is 5.98. The number of benzene rings is 1. The summed E-state index contributed by atoms with van der Waals surface area (Å²) >= 11 is 0. The summed E-state index contributed by atoms with van der Waals surface area (Å²) < 4.78 is 5.14. The molecule has 0 atom stereocenters. The lowest BCUT2D eigenvalue weighted by atomic mass is 10.2. The van der Waals surface area contributed by atoms with Crippen LogP contribution < -0.4 is 15.5 Å². The van der Waals surface area contributed by atoms with Gasteiger partial charge in [0.15, 0.2) is 0 Å². The number of nitrogens with one attached hydrogen (secondary N) is 2. The molecule has 1 aromatic carbocycles. The van der Waals surface area contributed by atoms with Crippen LogP contribution in [0.2, 0.25) is 0 Å². The molecule has 0 saturated carbocycles. The SMILES string of the molecule is CC(=O)Nc1cccc(N(CC(=O)NCc2ccco2)C(C)=O)c1. The third-order valence-electron chi connectivity index (χ3n) is 3.20. The molecular weight excluding hydrogens is 310 g/mol. The quantitative estimate of drug-likeness (QED) is 0.847. The van der Waals surface area contributed by atoms with Crippen LogP contribution >= 0.6 is 0 Å². The van der Waals surface area contributed by atoms with Crippen LogP contribution in [0.4, 0.5) is 11.4 Å². The molecule has 24 heavy (non-hydrogen) atoms. The molecule has 1 aromatic heterocycles. The van der Waals surface area contributed by atoms with Crippen molar-refractivity contribution in [1.29, 1.82) is 0 Å². The van der Waals surface area contributed by atoms with Crippen molar-refractivity contribution in [2.75, 3.05) is 16.8 Å². The molecule has 0 saturated heterocycles. The fourth-order valence-electron chi connectivity index (χ4n) is 2.14. The predicted octanol–water partition coefficient (Wildman–Crippen LogP) is 1.91. The number of carbonyl (C=O) groups is 3. The van der Waals surface area contributed by atoms with E-state index < -0.39 is 0 Å². The van der Waals surface area contributed by atoms with Gasteiger partial charge in [-0.15, -0.1) is 0 Å². The van der Waals surface area contributed by atoms with E-state index in [4.69, 9.17) is 4.42 Å². The number of nitrogens with zero attached hydrogens (tertiary/aromatic N) is 1. The fourth-order valence-corrected chi connectivity index (χ4v) is 2.14. The van der Waals surface area contributed by atoms with Gasteiger partial charge < -0.3 is 20.0 Å². The van der Waals surface area contributed by atoms with Crippen LogP contribution in [-0.2, 0) is 20.9 Å². The number of furan rings is 1. The van der Waals surface area contributed by atoms with Gasteiger partial charge in [0.2, 0.25) is 17.7 Å². The molecule has 0 aliphatic heterocycles. The van der Waals surface area contributed by atoms with E-state index in [9.17, 15) is 14.4 Å². The van der Waals surface area contributed by atoms with E-state index in [1.165, 1.54) is 25.0 Å². The Morgan fingerprint density at radius 3 is 2.54 bits per heavy atom. The lowest BCUT2D eigenvalue weighted by molar-refractivity contribution is -0.123. The molecule has 0 fully saturated rings. The number of rotatable bonds is 6. The molecule has 3 amide bonds. The molecule has 0 radical (unpaired) electrons. The number of carbonyl (C=O) groups excluding carboxylic acids is 3. The van der Waals surface area contributed by atoms with Gasteiger partial charge in [-0.2, -0.15) is 0 Å². The van der Waals surface area contributed by atoms with Gasteiger partial charge in [-0.05, 0) is 30.3 Å². The topological polar surface area (TPSA) is 91.7 Å². The highest BCUT2D eigenvalue weighted by atomic mass is 16.3. The van der Waals surface area contributed by atoms with Crippen LogP contribution in [-0.4, -0.2) is 24.3 Å². The summed E-state index contributed by atoms with van der Waals surface area (Å²) in [6.07, 6.45) is 1.52. The first kappa shape index (κ1) is 17.3. The Bertz CT molecular complexity index is 725. The Morgan fingerprint density at radius 2 is 1.92 bits per heavy atom. The average Bonchev–Trinajstić information content (AvgIpc) is 3.03. The molecule has 2 rings (SSSR count). The molecule has 7 nitrogen and oxygen atoms in total. The van der Waals surface area contributed by atoms with Crippen molar-refractivity contribution >= 4 is 29.1 Å². The summed E-state index contributed by atoms with van der Waals surface area (Å²) in [4.78, 5) is 36.4. The summed E-state index contributed by atoms with van der Waals surface area (Å²) in [5, 5.41) is 5.34. The van der Waals surface area contributed by atoms with Crippen LogP contribution in [0, 0.1) is 0 Å². The van der Waals surface area contributed by atoms with Gasteiger partial charge in [-0.25, -0.2) is 0 Å². The summed E-state index contributed by atoms with van der Waals surface area (Å²) in [7, 11) is 0. The molecule has 1 heterocycles. The van der Waals surface area contributed by atoms with Crippen molar-refractivity contribution in [3.05, 3.63) is 48.4 Å². The Kier molecular flexibility index (Phi) is 5.73. The first-order valence-electron chi connectivity index (χ1n) is 7.40. The van der Waals surface area contributed by atoms with E-state index >= 15 is 0 Å². The van der Waals surface area contributed by atoms with Crippen molar-refractivity contribution in [2.45, 2.75) is 20.4 Å². The van der Waals surface area contributed by atoms with E-state index in [0.717, 1.165) is 0 Å². The van der Waals surface area contributed by atoms with Gasteiger partial charge in [0, 0.05) is 25.2 Å². The maximum atomic E-state index is 12.1. The normalized spacial score (nSPS) is 10.1. The lowest BCUT2D eigenvalue weighted by Crippen LogP contribution is -2.39. The number of anilines is 2. The third kappa shape index (κ3) is 4.98. The molecule has 0 unspecified atom stereocenters. The second kappa shape index (κ2) is 7.96. The van der Waals surface area contributed by atoms with Gasteiger partial charge in [0.1, 0.15) is 12.3 Å². The minimum absolute atomic E-state index is 0.125. The standard InChI is InChI=1S/C17H19N3O4/c1-12(21)19-14-5-3-6-15(9-14)20(13(2)22)11-17(23)18-10-16-7-4-8-24-16/h3-9H,10-11H2,1-2H3,(H,18,23)(H,19,21). The van der Waals surface area contributed by atoms with Crippen LogP contribution in [0.5, 0.6) is 0 Å². The molecule has 0 bridgehead atoms. The number of hydrogen-bond donors (Lipinski definition) is 2. The molecule has 2 aromatic rings. The maximum absolute atomic E-state index is 12.1. The van der Waals surface area contributed by atoms with Crippen LogP contribution in [0.15, 0.2) is 47.1 Å². The molecular formula is C17H19N3O4. The Balaban J connectivity index is 2.04. The van der Waals surface area contributed by atoms with E-state index in [2.05, 4.69) is 10.6 Å². The molecule has 2 N–H and O–H groups in total. The molecule has 7 heteroatoms. The van der Waals surface area contributed by atoms with E-state index in [1.54, 1.807) is 36.4 Å². The second-order valence-electron chi connectivity index (χ2n) is 5.19. The monoisotopic (exact) mass is 329 g/mol. The fraction of sp³-hybridized carbons (Fsp3) is 0.235. The van der Waals surface area contributed by atoms with Crippen molar-refractivity contribution in [1.82, 2.24) is 5.32 Å². The van der Waals surface area contributed by atoms with Gasteiger partial charge in [-0.1, -0.05) is 6.07 Å². The zero-order valence-corrected chi connectivity index (χ0v) is 13.5. The van der Waals surface area contributed by atoms with Gasteiger partial charge in [-0.3, -0.25) is 14.4 Å². The minimum Gasteiger partial charge on any atom is -0.467 e. The van der Waals surface area contributed by atoms with Crippen molar-refractivity contribution in [2.24, 2.45) is 0 Å². The molecule has 0 spiro atoms. The third-order valence-corrected chi connectivity index (χ3v) is 3.20. The number of amides is 3. The van der Waals surface area contributed by atoms with E-state index in [0.29, 0.717) is 17.1 Å². The van der Waals surface area contributed by atoms with Crippen LogP contribution in [0.1, 0.15) is 19.6 Å². The summed E-state index contributed by atoms with van der Waals surface area (Å²) in [5.41, 5.74) is 1.09. The van der Waals surface area contributed by atoms with E-state index in [-0.39, 0.29) is 30.8 Å². The molecule has 0 aliphatic carbocycles. The second-order valence-corrected chi connectivity index (χ2v) is 5.19. The average molecular weight is 329 g/mol. The lowest BCUT2D eigenvalue weighted by Gasteiger charge is -2.21. The zero-order chi connectivity index (χ0) is 17.5. The molecule has 126 valence electrons. The largest absolute Gasteiger partial charge is 0.467 e. The minimum atomic E-state index is -0.313. The Labute approximate surface area is 139 Å². The summed E-state index contributed by atoms with van der Waals surface area (Å²) in [6, 6.07) is 10.2. The maximum Gasteiger partial charge on any atom is 0.240 e. The van der Waals surface area contributed by atoms with Gasteiger partial charge in [0.25, 0.3) is 0 Å². The predicted molar refractivity (Wildman–Crippen MR) is 89.3 cm³/mol.